The van der Waals surface area contributed by atoms with Gasteiger partial charge in [-0.3, -0.25) is 0 Å². The molecule has 1 heterocycles. The number of primary sulfonamides is 1. The Hall–Kier alpha value is -3.29. The van der Waals surface area contributed by atoms with Crippen molar-refractivity contribution in [1.82, 2.24) is 4.98 Å². The summed E-state index contributed by atoms with van der Waals surface area (Å²) < 4.78 is 44.0. The van der Waals surface area contributed by atoms with Gasteiger partial charge in [-0.05, 0) is 29.8 Å². The van der Waals surface area contributed by atoms with Crippen molar-refractivity contribution in [3.05, 3.63) is 96.1 Å². The van der Waals surface area contributed by atoms with E-state index in [2.05, 4.69) is 4.98 Å². The first-order valence-electron chi connectivity index (χ1n) is 8.83. The Bertz CT molecular complexity index is 1270. The van der Waals surface area contributed by atoms with Crippen molar-refractivity contribution in [3.8, 4) is 22.6 Å². The van der Waals surface area contributed by atoms with Crippen LogP contribution in [0.5, 0.6) is 0 Å². The van der Waals surface area contributed by atoms with Crippen molar-refractivity contribution in [1.29, 1.82) is 0 Å². The van der Waals surface area contributed by atoms with Crippen LogP contribution in [0.15, 0.2) is 88.2 Å². The number of hydrogen-bond donors (Lipinski definition) is 1. The highest BCUT2D eigenvalue weighted by molar-refractivity contribution is 7.89. The minimum atomic E-state index is -4.00. The average Bonchev–Trinajstić information content (AvgIpc) is 3.12. The summed E-state index contributed by atoms with van der Waals surface area (Å²) in [4.78, 5) is 4.46. The summed E-state index contributed by atoms with van der Waals surface area (Å²) in [7, 11) is -4.00. The Labute approximate surface area is 167 Å². The molecule has 2 N–H and O–H groups in total. The molecule has 0 radical (unpaired) electrons. The van der Waals surface area contributed by atoms with Crippen LogP contribution in [-0.2, 0) is 16.4 Å². The maximum Gasteiger partial charge on any atom is 0.238 e. The second kappa shape index (κ2) is 7.62. The van der Waals surface area contributed by atoms with E-state index >= 15 is 0 Å². The SMILES string of the molecule is NS(=O)(=O)c1ccccc1-c1oc(Cc2ccccc2)nc1-c1cccc(F)c1. The number of hydrogen-bond acceptors (Lipinski definition) is 4. The van der Waals surface area contributed by atoms with Crippen LogP contribution in [-0.4, -0.2) is 13.4 Å². The third-order valence-electron chi connectivity index (χ3n) is 4.41. The zero-order valence-corrected chi connectivity index (χ0v) is 16.1. The topological polar surface area (TPSA) is 86.2 Å². The van der Waals surface area contributed by atoms with Crippen LogP contribution in [0.4, 0.5) is 4.39 Å². The summed E-state index contributed by atoms with van der Waals surface area (Å²) in [5.41, 5.74) is 2.09. The zero-order chi connectivity index (χ0) is 20.4. The maximum atomic E-state index is 13.8. The van der Waals surface area contributed by atoms with Crippen molar-refractivity contribution in [2.75, 3.05) is 0 Å². The van der Waals surface area contributed by atoms with Gasteiger partial charge in [0.05, 0.1) is 4.90 Å². The van der Waals surface area contributed by atoms with Crippen molar-refractivity contribution in [3.63, 3.8) is 0 Å². The Kier molecular flexibility index (Phi) is 5.00. The fourth-order valence-corrected chi connectivity index (χ4v) is 3.86. The quantitative estimate of drug-likeness (QED) is 0.531. The second-order valence-corrected chi connectivity index (χ2v) is 8.03. The van der Waals surface area contributed by atoms with E-state index in [1.54, 1.807) is 30.3 Å². The number of oxazole rings is 1. The lowest BCUT2D eigenvalue weighted by atomic mass is 10.1. The lowest BCUT2D eigenvalue weighted by Crippen LogP contribution is -2.13. The Morgan fingerprint density at radius 3 is 2.38 bits per heavy atom. The van der Waals surface area contributed by atoms with E-state index < -0.39 is 15.8 Å². The lowest BCUT2D eigenvalue weighted by Gasteiger charge is -2.07. The molecule has 0 aliphatic carbocycles. The molecule has 0 amide bonds. The molecule has 0 saturated heterocycles. The highest BCUT2D eigenvalue weighted by Gasteiger charge is 2.23. The standard InChI is InChI=1S/C22H17FN2O3S/c23-17-10-6-9-16(14-17)21-22(18-11-4-5-12-19(18)29(24,26)27)28-20(25-21)13-15-7-2-1-3-8-15/h1-12,14H,13H2,(H2,24,26,27). The average molecular weight is 408 g/mol. The number of nitrogens with zero attached hydrogens (tertiary/aromatic N) is 1. The van der Waals surface area contributed by atoms with Crippen LogP contribution in [0.3, 0.4) is 0 Å². The molecule has 0 fully saturated rings. The van der Waals surface area contributed by atoms with Crippen molar-refractivity contribution < 1.29 is 17.2 Å². The van der Waals surface area contributed by atoms with Gasteiger partial charge >= 0.3 is 0 Å². The van der Waals surface area contributed by atoms with Gasteiger partial charge in [-0.1, -0.05) is 54.6 Å². The first-order chi connectivity index (χ1) is 13.9. The summed E-state index contributed by atoms with van der Waals surface area (Å²) in [5, 5.41) is 5.39. The van der Waals surface area contributed by atoms with Crippen LogP contribution in [0.25, 0.3) is 22.6 Å². The number of nitrogens with two attached hydrogens (primary N) is 1. The van der Waals surface area contributed by atoms with Gasteiger partial charge in [0.1, 0.15) is 11.5 Å². The normalized spacial score (nSPS) is 11.5. The van der Waals surface area contributed by atoms with Gasteiger partial charge in [0, 0.05) is 17.5 Å². The molecule has 0 unspecified atom stereocenters. The summed E-state index contributed by atoms with van der Waals surface area (Å²) in [6, 6.07) is 21.7. The molecule has 0 saturated carbocycles. The molecule has 4 aromatic rings. The summed E-state index contributed by atoms with van der Waals surface area (Å²) in [6.45, 7) is 0. The van der Waals surface area contributed by atoms with E-state index in [0.717, 1.165) is 5.56 Å². The summed E-state index contributed by atoms with van der Waals surface area (Å²) in [5.74, 6) is 0.182. The van der Waals surface area contributed by atoms with Gasteiger partial charge in [-0.25, -0.2) is 22.9 Å². The Balaban J connectivity index is 1.91. The monoisotopic (exact) mass is 408 g/mol. The van der Waals surface area contributed by atoms with E-state index in [9.17, 15) is 12.8 Å². The third-order valence-corrected chi connectivity index (χ3v) is 5.37. The van der Waals surface area contributed by atoms with E-state index in [1.165, 1.54) is 18.2 Å². The van der Waals surface area contributed by atoms with Crippen LogP contribution in [0.2, 0.25) is 0 Å². The van der Waals surface area contributed by atoms with Crippen molar-refractivity contribution in [2.45, 2.75) is 11.3 Å². The molecule has 146 valence electrons. The zero-order valence-electron chi connectivity index (χ0n) is 15.2. The molecule has 0 spiro atoms. The van der Waals surface area contributed by atoms with Crippen LogP contribution in [0, 0.1) is 5.82 Å². The fraction of sp³-hybridized carbons (Fsp3) is 0.0455. The molecule has 0 bridgehead atoms. The van der Waals surface area contributed by atoms with Gasteiger partial charge in [-0.2, -0.15) is 0 Å². The molecule has 4 rings (SSSR count). The van der Waals surface area contributed by atoms with E-state index in [-0.39, 0.29) is 16.2 Å². The maximum absolute atomic E-state index is 13.8. The van der Waals surface area contributed by atoms with Crippen molar-refractivity contribution >= 4 is 10.0 Å². The van der Waals surface area contributed by atoms with Crippen molar-refractivity contribution in [2.24, 2.45) is 5.14 Å². The summed E-state index contributed by atoms with van der Waals surface area (Å²) in [6.07, 6.45) is 0.403. The van der Waals surface area contributed by atoms with Gasteiger partial charge in [-0.15, -0.1) is 0 Å². The van der Waals surface area contributed by atoms with E-state index in [1.807, 2.05) is 30.3 Å². The smallest absolute Gasteiger partial charge is 0.238 e. The molecule has 3 aromatic carbocycles. The molecule has 5 nitrogen and oxygen atoms in total. The lowest BCUT2D eigenvalue weighted by molar-refractivity contribution is 0.518. The highest BCUT2D eigenvalue weighted by Crippen LogP contribution is 2.36. The van der Waals surface area contributed by atoms with Crippen LogP contribution in [0.1, 0.15) is 11.5 Å². The van der Waals surface area contributed by atoms with Gasteiger partial charge < -0.3 is 4.42 Å². The van der Waals surface area contributed by atoms with Gasteiger partial charge in [0.2, 0.25) is 10.0 Å². The van der Waals surface area contributed by atoms with Crippen LogP contribution < -0.4 is 5.14 Å². The predicted molar refractivity (Wildman–Crippen MR) is 108 cm³/mol. The third kappa shape index (κ3) is 4.11. The first-order valence-corrected chi connectivity index (χ1v) is 10.4. The highest BCUT2D eigenvalue weighted by atomic mass is 32.2. The number of halogens is 1. The summed E-state index contributed by atoms with van der Waals surface area (Å²) >= 11 is 0. The second-order valence-electron chi connectivity index (χ2n) is 6.50. The number of sulfonamides is 1. The molecule has 7 heteroatoms. The van der Waals surface area contributed by atoms with E-state index in [0.29, 0.717) is 23.6 Å². The molecule has 29 heavy (non-hydrogen) atoms. The van der Waals surface area contributed by atoms with Gasteiger partial charge in [0.15, 0.2) is 11.7 Å². The Morgan fingerprint density at radius 2 is 1.66 bits per heavy atom. The Morgan fingerprint density at radius 1 is 0.931 bits per heavy atom. The fourth-order valence-electron chi connectivity index (χ4n) is 3.13. The molecule has 1 aromatic heterocycles. The molecule has 0 aliphatic heterocycles. The molecular formula is C22H17FN2O3S. The largest absolute Gasteiger partial charge is 0.440 e. The number of aromatic nitrogens is 1. The molecular weight excluding hydrogens is 391 g/mol. The molecule has 0 aliphatic rings. The minimum Gasteiger partial charge on any atom is -0.440 e. The van der Waals surface area contributed by atoms with Gasteiger partial charge in [0.25, 0.3) is 0 Å². The van der Waals surface area contributed by atoms with E-state index in [4.69, 9.17) is 9.56 Å². The molecule has 0 atom stereocenters. The number of rotatable bonds is 5. The first kappa shape index (κ1) is 19.0. The predicted octanol–water partition coefficient (Wildman–Crippen LogP) is 4.39. The van der Waals surface area contributed by atoms with Crippen LogP contribution >= 0.6 is 0 Å². The number of benzene rings is 3. The minimum absolute atomic E-state index is 0.0833.